The number of likely N-dealkylation sites (tertiary alicyclic amines) is 1. The Balaban J connectivity index is 1.60. The van der Waals surface area contributed by atoms with E-state index in [4.69, 9.17) is 14.2 Å². The van der Waals surface area contributed by atoms with Crippen molar-refractivity contribution in [2.24, 2.45) is 0 Å². The van der Waals surface area contributed by atoms with Crippen LogP contribution in [0, 0.1) is 6.92 Å². The van der Waals surface area contributed by atoms with E-state index in [1.807, 2.05) is 20.3 Å². The minimum absolute atomic E-state index is 0.00182. The summed E-state index contributed by atoms with van der Waals surface area (Å²) >= 11 is 0. The highest BCUT2D eigenvalue weighted by molar-refractivity contribution is 5.85. The van der Waals surface area contributed by atoms with Gasteiger partial charge in [-0.15, -0.1) is 0 Å². The predicted molar refractivity (Wildman–Crippen MR) is 103 cm³/mol. The van der Waals surface area contributed by atoms with Gasteiger partial charge < -0.3 is 19.2 Å². The quantitative estimate of drug-likeness (QED) is 0.886. The Morgan fingerprint density at radius 3 is 2.81 bits per heavy atom. The number of aromatic nitrogens is 1. The monoisotopic (exact) mass is 358 g/mol. The van der Waals surface area contributed by atoms with Crippen LogP contribution in [0.3, 0.4) is 0 Å². The summed E-state index contributed by atoms with van der Waals surface area (Å²) in [4.78, 5) is 6.21. The van der Waals surface area contributed by atoms with Crippen molar-refractivity contribution < 1.29 is 14.2 Å². The highest BCUT2D eigenvalue weighted by Crippen LogP contribution is 2.43. The zero-order valence-electron chi connectivity index (χ0n) is 16.3. The molecule has 0 unspecified atom stereocenters. The fourth-order valence-electron chi connectivity index (χ4n) is 5.01. The summed E-state index contributed by atoms with van der Waals surface area (Å²) in [5.41, 5.74) is 3.78. The molecule has 1 aliphatic carbocycles. The maximum Gasteiger partial charge on any atom is 0.119 e. The van der Waals surface area contributed by atoms with Gasteiger partial charge in [0, 0.05) is 49.9 Å². The molecule has 1 aromatic carbocycles. The van der Waals surface area contributed by atoms with Gasteiger partial charge in [-0.1, -0.05) is 0 Å². The molecule has 142 valence electrons. The molecule has 4 rings (SSSR count). The van der Waals surface area contributed by atoms with Gasteiger partial charge in [0.25, 0.3) is 0 Å². The molecule has 1 aromatic heterocycles. The number of aromatic amines is 1. The lowest BCUT2D eigenvalue weighted by molar-refractivity contribution is -0.0948. The first-order valence-electron chi connectivity index (χ1n) is 9.57. The van der Waals surface area contributed by atoms with E-state index in [9.17, 15) is 0 Å². The van der Waals surface area contributed by atoms with Gasteiger partial charge in [-0.05, 0) is 56.4 Å². The van der Waals surface area contributed by atoms with Crippen LogP contribution in [-0.2, 0) is 16.0 Å². The minimum Gasteiger partial charge on any atom is -0.497 e. The highest BCUT2D eigenvalue weighted by Gasteiger charge is 2.51. The van der Waals surface area contributed by atoms with Gasteiger partial charge in [-0.25, -0.2) is 0 Å². The number of hydrogen-bond donors (Lipinski definition) is 1. The summed E-state index contributed by atoms with van der Waals surface area (Å²) in [6, 6.07) is 6.66. The second-order valence-electron chi connectivity index (χ2n) is 7.78. The molecule has 1 saturated heterocycles. The summed E-state index contributed by atoms with van der Waals surface area (Å²) in [6.45, 7) is 4.20. The fraction of sp³-hybridized carbons (Fsp3) is 0.619. The predicted octanol–water partition coefficient (Wildman–Crippen LogP) is 3.64. The number of aryl methyl sites for hydroxylation is 1. The number of ether oxygens (including phenoxy) is 3. The lowest BCUT2D eigenvalue weighted by atomic mass is 9.79. The Hall–Kier alpha value is -1.56. The number of hydrogen-bond acceptors (Lipinski definition) is 4. The fourth-order valence-corrected chi connectivity index (χ4v) is 5.01. The molecule has 0 radical (unpaired) electrons. The molecule has 2 heterocycles. The molecule has 0 spiro atoms. The maximum absolute atomic E-state index is 6.06. The average Bonchev–Trinajstić information content (AvgIpc) is 3.20. The van der Waals surface area contributed by atoms with Crippen LogP contribution in [-0.4, -0.2) is 55.5 Å². The molecule has 1 aliphatic heterocycles. The molecule has 1 saturated carbocycles. The molecule has 1 N–H and O–H groups in total. The van der Waals surface area contributed by atoms with Gasteiger partial charge >= 0.3 is 0 Å². The molecule has 5 nitrogen and oxygen atoms in total. The molecular weight excluding hydrogens is 328 g/mol. The van der Waals surface area contributed by atoms with Crippen LogP contribution in [0.4, 0.5) is 0 Å². The van der Waals surface area contributed by atoms with Crippen molar-refractivity contribution >= 4 is 10.9 Å². The number of rotatable bonds is 5. The first-order valence-corrected chi connectivity index (χ1v) is 9.57. The van der Waals surface area contributed by atoms with Gasteiger partial charge in [-0.3, -0.25) is 4.90 Å². The van der Waals surface area contributed by atoms with Gasteiger partial charge in [-0.2, -0.15) is 0 Å². The number of nitrogens with one attached hydrogen (secondary N) is 1. The van der Waals surface area contributed by atoms with Crippen molar-refractivity contribution in [2.75, 3.05) is 27.9 Å². The smallest absolute Gasteiger partial charge is 0.119 e. The van der Waals surface area contributed by atoms with Gasteiger partial charge in [0.2, 0.25) is 0 Å². The molecule has 26 heavy (non-hydrogen) atoms. The Morgan fingerprint density at radius 1 is 1.23 bits per heavy atom. The van der Waals surface area contributed by atoms with Crippen LogP contribution in [0.2, 0.25) is 0 Å². The van der Waals surface area contributed by atoms with E-state index in [0.29, 0.717) is 12.1 Å². The first kappa shape index (κ1) is 17.8. The zero-order valence-corrected chi connectivity index (χ0v) is 16.3. The Kier molecular flexibility index (Phi) is 4.71. The zero-order chi connectivity index (χ0) is 18.3. The van der Waals surface area contributed by atoms with Crippen LogP contribution in [0.15, 0.2) is 18.2 Å². The third-order valence-corrected chi connectivity index (χ3v) is 6.72. The molecular formula is C21H30N2O3. The van der Waals surface area contributed by atoms with E-state index in [2.05, 4.69) is 28.9 Å². The second-order valence-corrected chi connectivity index (χ2v) is 7.78. The largest absolute Gasteiger partial charge is 0.497 e. The number of fused-ring (bicyclic) bond motifs is 2. The number of H-pyrrole nitrogens is 1. The topological polar surface area (TPSA) is 46.7 Å². The standard InChI is InChI=1S/C21H30N2O3/c1-14-17-11-15(24-2)5-6-18(17)22-19(14)13-23-10-9-21(26-4)8-7-16(25-3)12-20(21)23/h5-6,11,16,20,22H,7-10,12-13H2,1-4H3/t16-,20+,21-/m1/s1. The van der Waals surface area contributed by atoms with Gasteiger partial charge in [0.1, 0.15) is 5.75 Å². The third-order valence-electron chi connectivity index (χ3n) is 6.72. The average molecular weight is 358 g/mol. The van der Waals surface area contributed by atoms with E-state index in [0.717, 1.165) is 44.5 Å². The number of nitrogens with zero attached hydrogens (tertiary/aromatic N) is 1. The van der Waals surface area contributed by atoms with Crippen LogP contribution >= 0.6 is 0 Å². The van der Waals surface area contributed by atoms with Crippen molar-refractivity contribution in [3.05, 3.63) is 29.5 Å². The van der Waals surface area contributed by atoms with Crippen molar-refractivity contribution in [3.8, 4) is 5.75 Å². The highest BCUT2D eigenvalue weighted by atomic mass is 16.5. The molecule has 2 fully saturated rings. The Morgan fingerprint density at radius 2 is 2.08 bits per heavy atom. The second kappa shape index (κ2) is 6.87. The lowest BCUT2D eigenvalue weighted by Crippen LogP contribution is -2.51. The summed E-state index contributed by atoms with van der Waals surface area (Å²) in [7, 11) is 5.43. The van der Waals surface area contributed by atoms with Crippen LogP contribution < -0.4 is 4.74 Å². The minimum atomic E-state index is -0.00182. The molecule has 3 atom stereocenters. The third kappa shape index (κ3) is 2.82. The molecule has 0 amide bonds. The van der Waals surface area contributed by atoms with Gasteiger partial charge in [0.05, 0.1) is 18.8 Å². The molecule has 2 aliphatic rings. The number of methoxy groups -OCH3 is 3. The first-order chi connectivity index (χ1) is 12.6. The van der Waals surface area contributed by atoms with E-state index < -0.39 is 0 Å². The van der Waals surface area contributed by atoms with Crippen molar-refractivity contribution in [1.29, 1.82) is 0 Å². The van der Waals surface area contributed by atoms with Crippen molar-refractivity contribution in [2.45, 2.75) is 56.9 Å². The van der Waals surface area contributed by atoms with Crippen molar-refractivity contribution in [3.63, 3.8) is 0 Å². The normalized spacial score (nSPS) is 29.2. The van der Waals surface area contributed by atoms with Crippen LogP contribution in [0.25, 0.3) is 10.9 Å². The maximum atomic E-state index is 6.06. The van der Waals surface area contributed by atoms with E-state index in [1.54, 1.807) is 7.11 Å². The summed E-state index contributed by atoms with van der Waals surface area (Å²) in [5, 5.41) is 1.25. The van der Waals surface area contributed by atoms with Crippen molar-refractivity contribution in [1.82, 2.24) is 9.88 Å². The molecule has 2 aromatic rings. The SMILES string of the molecule is COc1ccc2[nH]c(CN3CC[C@]4(OC)CC[C@@H](OC)C[C@H]34)c(C)c2c1. The molecule has 0 bridgehead atoms. The Bertz CT molecular complexity index is 787. The van der Waals surface area contributed by atoms with E-state index >= 15 is 0 Å². The van der Waals surface area contributed by atoms with Gasteiger partial charge in [0.15, 0.2) is 0 Å². The summed E-state index contributed by atoms with van der Waals surface area (Å²) < 4.78 is 17.1. The Labute approximate surface area is 155 Å². The van der Waals surface area contributed by atoms with Crippen LogP contribution in [0.1, 0.15) is 36.9 Å². The molecule has 5 heteroatoms. The van der Waals surface area contributed by atoms with E-state index in [1.165, 1.54) is 22.2 Å². The lowest BCUT2D eigenvalue weighted by Gasteiger charge is -2.43. The van der Waals surface area contributed by atoms with Crippen LogP contribution in [0.5, 0.6) is 5.75 Å². The summed E-state index contributed by atoms with van der Waals surface area (Å²) in [6.07, 6.45) is 4.69. The number of benzene rings is 1. The van der Waals surface area contributed by atoms with E-state index in [-0.39, 0.29) is 5.60 Å². The summed E-state index contributed by atoms with van der Waals surface area (Å²) in [5.74, 6) is 0.904.